The summed E-state index contributed by atoms with van der Waals surface area (Å²) in [4.78, 5) is 5.46. The third-order valence-electron chi connectivity index (χ3n) is 2.93. The highest BCUT2D eigenvalue weighted by molar-refractivity contribution is 9.10. The summed E-state index contributed by atoms with van der Waals surface area (Å²) < 4.78 is 2.94. The van der Waals surface area contributed by atoms with Gasteiger partial charge in [0.1, 0.15) is 0 Å². The Morgan fingerprint density at radius 2 is 2.05 bits per heavy atom. The summed E-state index contributed by atoms with van der Waals surface area (Å²) in [6, 6.07) is 10.1. The Labute approximate surface area is 121 Å². The van der Waals surface area contributed by atoms with Gasteiger partial charge in [-0.3, -0.25) is 9.52 Å². The Morgan fingerprint density at radius 1 is 1.32 bits per heavy atom. The monoisotopic (exact) mass is 323 g/mol. The maximum absolute atomic E-state index is 5.46. The van der Waals surface area contributed by atoms with Crippen LogP contribution in [0.25, 0.3) is 0 Å². The van der Waals surface area contributed by atoms with Gasteiger partial charge in [0.05, 0.1) is 29.0 Å². The molecule has 5 heteroatoms. The molecule has 0 aliphatic heterocycles. The molecule has 102 valence electrons. The van der Waals surface area contributed by atoms with Crippen LogP contribution in [0.5, 0.6) is 0 Å². The van der Waals surface area contributed by atoms with Crippen molar-refractivity contribution in [3.8, 4) is 0 Å². The van der Waals surface area contributed by atoms with Crippen LogP contribution in [0.2, 0.25) is 0 Å². The number of hydrogen-bond acceptors (Lipinski definition) is 3. The molecule has 0 radical (unpaired) electrons. The number of aryl methyl sites for hydroxylation is 2. The van der Waals surface area contributed by atoms with E-state index < -0.39 is 0 Å². The van der Waals surface area contributed by atoms with Crippen molar-refractivity contribution in [2.24, 2.45) is 7.05 Å². The number of hydrogen-bond donors (Lipinski definition) is 1. The third-order valence-corrected chi connectivity index (χ3v) is 3.84. The number of benzene rings is 1. The van der Waals surface area contributed by atoms with Crippen LogP contribution in [-0.4, -0.2) is 9.78 Å². The van der Waals surface area contributed by atoms with Crippen LogP contribution in [0, 0.1) is 0 Å². The second-order valence-corrected chi connectivity index (χ2v) is 5.07. The van der Waals surface area contributed by atoms with Gasteiger partial charge in [0, 0.05) is 7.05 Å². The van der Waals surface area contributed by atoms with Crippen LogP contribution < -0.4 is 5.48 Å². The molecule has 0 atom stereocenters. The van der Waals surface area contributed by atoms with E-state index in [9.17, 15) is 0 Å². The van der Waals surface area contributed by atoms with Crippen molar-refractivity contribution in [1.82, 2.24) is 15.3 Å². The molecule has 19 heavy (non-hydrogen) atoms. The Hall–Kier alpha value is -1.17. The van der Waals surface area contributed by atoms with Crippen LogP contribution in [0.15, 0.2) is 34.8 Å². The second kappa shape index (κ2) is 6.84. The number of nitrogens with one attached hydrogen (secondary N) is 1. The fraction of sp³-hybridized carbons (Fsp3) is 0.357. The minimum absolute atomic E-state index is 0.553. The van der Waals surface area contributed by atoms with Gasteiger partial charge in [-0.25, -0.2) is 0 Å². The highest BCUT2D eigenvalue weighted by Gasteiger charge is 2.11. The predicted molar refractivity (Wildman–Crippen MR) is 78.4 cm³/mol. The molecule has 0 saturated heterocycles. The lowest BCUT2D eigenvalue weighted by atomic mass is 10.2. The maximum atomic E-state index is 5.46. The molecular formula is C14H18BrN3O. The molecule has 1 N–H and O–H groups in total. The zero-order valence-electron chi connectivity index (χ0n) is 11.2. The fourth-order valence-electron chi connectivity index (χ4n) is 1.84. The first kappa shape index (κ1) is 14.2. The molecule has 2 aromatic rings. The van der Waals surface area contributed by atoms with E-state index in [-0.39, 0.29) is 0 Å². The van der Waals surface area contributed by atoms with Crippen molar-refractivity contribution in [2.45, 2.75) is 26.5 Å². The molecule has 0 aliphatic rings. The lowest BCUT2D eigenvalue weighted by Gasteiger charge is -2.07. The molecule has 0 spiro atoms. The average molecular weight is 324 g/mol. The van der Waals surface area contributed by atoms with Crippen LogP contribution in [0.4, 0.5) is 0 Å². The van der Waals surface area contributed by atoms with Crippen LogP contribution in [-0.2, 0) is 31.5 Å². The molecule has 4 nitrogen and oxygen atoms in total. The number of halogens is 1. The maximum Gasteiger partial charge on any atom is 0.0933 e. The standard InChI is InChI=1S/C14H18BrN3O/c1-3-12-14(15)13(18(2)17-12)9-16-19-10-11-7-5-4-6-8-11/h4-8,16H,3,9-10H2,1-2H3. The van der Waals surface area contributed by atoms with Crippen LogP contribution in [0.1, 0.15) is 23.9 Å². The molecule has 0 aliphatic carbocycles. The smallest absolute Gasteiger partial charge is 0.0933 e. The highest BCUT2D eigenvalue weighted by atomic mass is 79.9. The van der Waals surface area contributed by atoms with Crippen LogP contribution >= 0.6 is 15.9 Å². The average Bonchev–Trinajstić information content (AvgIpc) is 2.71. The number of aromatic nitrogens is 2. The van der Waals surface area contributed by atoms with E-state index in [4.69, 9.17) is 4.84 Å². The summed E-state index contributed by atoms with van der Waals surface area (Å²) in [5, 5.41) is 4.44. The van der Waals surface area contributed by atoms with Gasteiger partial charge in [-0.15, -0.1) is 0 Å². The minimum atomic E-state index is 0.553. The van der Waals surface area contributed by atoms with Crippen molar-refractivity contribution >= 4 is 15.9 Å². The van der Waals surface area contributed by atoms with E-state index in [1.807, 2.05) is 42.1 Å². The van der Waals surface area contributed by atoms with Gasteiger partial charge >= 0.3 is 0 Å². The first-order valence-electron chi connectivity index (χ1n) is 6.31. The quantitative estimate of drug-likeness (QED) is 0.656. The summed E-state index contributed by atoms with van der Waals surface area (Å²) in [6.45, 7) is 3.27. The van der Waals surface area contributed by atoms with Gasteiger partial charge in [0.2, 0.25) is 0 Å². The third kappa shape index (κ3) is 3.65. The second-order valence-electron chi connectivity index (χ2n) is 4.28. The molecule has 1 heterocycles. The molecule has 0 amide bonds. The highest BCUT2D eigenvalue weighted by Crippen LogP contribution is 2.21. The summed E-state index contributed by atoms with van der Waals surface area (Å²) in [5.41, 5.74) is 6.28. The van der Waals surface area contributed by atoms with E-state index in [1.54, 1.807) is 0 Å². The van der Waals surface area contributed by atoms with E-state index in [0.717, 1.165) is 27.8 Å². The van der Waals surface area contributed by atoms with E-state index >= 15 is 0 Å². The Kier molecular flexibility index (Phi) is 5.13. The van der Waals surface area contributed by atoms with E-state index in [2.05, 4.69) is 33.4 Å². The number of rotatable bonds is 6. The van der Waals surface area contributed by atoms with Gasteiger partial charge in [-0.2, -0.15) is 10.6 Å². The number of hydroxylamine groups is 1. The molecule has 2 rings (SSSR count). The van der Waals surface area contributed by atoms with Gasteiger partial charge in [0.15, 0.2) is 0 Å². The van der Waals surface area contributed by atoms with Crippen molar-refractivity contribution in [3.63, 3.8) is 0 Å². The van der Waals surface area contributed by atoms with Crippen LogP contribution in [0.3, 0.4) is 0 Å². The normalized spacial score (nSPS) is 10.9. The van der Waals surface area contributed by atoms with Gasteiger partial charge in [-0.1, -0.05) is 37.3 Å². The fourth-order valence-corrected chi connectivity index (χ4v) is 2.60. The molecule has 0 saturated carbocycles. The lowest BCUT2D eigenvalue weighted by Crippen LogP contribution is -2.16. The first-order valence-corrected chi connectivity index (χ1v) is 7.10. The Bertz CT molecular complexity index is 525. The molecular weight excluding hydrogens is 306 g/mol. The van der Waals surface area contributed by atoms with Crippen molar-refractivity contribution in [2.75, 3.05) is 0 Å². The molecule has 0 bridgehead atoms. The Morgan fingerprint density at radius 3 is 2.68 bits per heavy atom. The molecule has 0 unspecified atom stereocenters. The minimum Gasteiger partial charge on any atom is -0.297 e. The molecule has 1 aromatic carbocycles. The summed E-state index contributed by atoms with van der Waals surface area (Å²) in [5.74, 6) is 0. The molecule has 1 aromatic heterocycles. The topological polar surface area (TPSA) is 39.1 Å². The van der Waals surface area contributed by atoms with Crippen molar-refractivity contribution < 1.29 is 4.84 Å². The van der Waals surface area contributed by atoms with E-state index in [1.165, 1.54) is 0 Å². The Balaban J connectivity index is 1.85. The number of nitrogens with zero attached hydrogens (tertiary/aromatic N) is 2. The summed E-state index contributed by atoms with van der Waals surface area (Å²) in [6.07, 6.45) is 0.916. The molecule has 0 fully saturated rings. The summed E-state index contributed by atoms with van der Waals surface area (Å²) in [7, 11) is 1.94. The largest absolute Gasteiger partial charge is 0.297 e. The predicted octanol–water partition coefficient (Wildman–Crippen LogP) is 2.97. The van der Waals surface area contributed by atoms with Gasteiger partial charge in [-0.05, 0) is 27.9 Å². The first-order chi connectivity index (χ1) is 9.22. The zero-order valence-corrected chi connectivity index (χ0v) is 12.8. The van der Waals surface area contributed by atoms with E-state index in [0.29, 0.717) is 13.2 Å². The van der Waals surface area contributed by atoms with Crippen molar-refractivity contribution in [3.05, 3.63) is 51.8 Å². The zero-order chi connectivity index (χ0) is 13.7. The SMILES string of the molecule is CCc1nn(C)c(CNOCc2ccccc2)c1Br. The van der Waals surface area contributed by atoms with Gasteiger partial charge in [0.25, 0.3) is 0 Å². The summed E-state index contributed by atoms with van der Waals surface area (Å²) >= 11 is 3.58. The van der Waals surface area contributed by atoms with Crippen molar-refractivity contribution in [1.29, 1.82) is 0 Å². The van der Waals surface area contributed by atoms with Gasteiger partial charge < -0.3 is 0 Å². The lowest BCUT2D eigenvalue weighted by molar-refractivity contribution is 0.0222.